The monoisotopic (exact) mass is 353 g/mol. The summed E-state index contributed by atoms with van der Waals surface area (Å²) in [6.07, 6.45) is 0. The maximum absolute atomic E-state index is 12.2. The van der Waals surface area contributed by atoms with Crippen LogP contribution in [0.25, 0.3) is 0 Å². The molecule has 0 aliphatic rings. The highest BCUT2D eigenvalue weighted by Gasteiger charge is 2.16. The van der Waals surface area contributed by atoms with Crippen LogP contribution in [-0.2, 0) is 10.2 Å². The Morgan fingerprint density at radius 3 is 2.35 bits per heavy atom. The van der Waals surface area contributed by atoms with E-state index in [4.69, 9.17) is 11.6 Å². The van der Waals surface area contributed by atoms with Crippen molar-refractivity contribution in [3.8, 4) is 0 Å². The number of halogens is 1. The van der Waals surface area contributed by atoms with Crippen molar-refractivity contribution in [3.63, 3.8) is 0 Å². The van der Waals surface area contributed by atoms with E-state index in [-0.39, 0.29) is 22.2 Å². The predicted molar refractivity (Wildman–Crippen MR) is 92.1 cm³/mol. The number of hydrogen-bond acceptors (Lipinski definition) is 3. The van der Waals surface area contributed by atoms with Gasteiger partial charge in [-0.2, -0.15) is 12.7 Å². The summed E-state index contributed by atoms with van der Waals surface area (Å²) in [4.78, 5) is 12.2. The lowest BCUT2D eigenvalue weighted by Crippen LogP contribution is -2.29. The van der Waals surface area contributed by atoms with Gasteiger partial charge in [0.25, 0.3) is 5.91 Å². The topological polar surface area (TPSA) is 78.5 Å². The lowest BCUT2D eigenvalue weighted by Gasteiger charge is -2.15. The van der Waals surface area contributed by atoms with Crippen molar-refractivity contribution >= 4 is 39.1 Å². The van der Waals surface area contributed by atoms with Crippen LogP contribution in [0.3, 0.4) is 0 Å². The molecular formula is C15H16ClN3O3S. The quantitative estimate of drug-likeness (QED) is 0.867. The minimum atomic E-state index is -3.71. The van der Waals surface area contributed by atoms with Gasteiger partial charge >= 0.3 is 10.2 Å². The van der Waals surface area contributed by atoms with Gasteiger partial charge in [-0.25, -0.2) is 0 Å². The van der Waals surface area contributed by atoms with Crippen molar-refractivity contribution < 1.29 is 13.2 Å². The van der Waals surface area contributed by atoms with E-state index >= 15 is 0 Å². The summed E-state index contributed by atoms with van der Waals surface area (Å²) in [6.45, 7) is 0. The molecule has 2 rings (SSSR count). The zero-order chi connectivity index (χ0) is 17.0. The second kappa shape index (κ2) is 6.99. The molecule has 0 radical (unpaired) electrons. The summed E-state index contributed by atoms with van der Waals surface area (Å²) in [7, 11) is -0.926. The van der Waals surface area contributed by atoms with E-state index in [1.54, 1.807) is 24.3 Å². The largest absolute Gasteiger partial charge is 0.322 e. The molecule has 122 valence electrons. The van der Waals surface area contributed by atoms with Crippen LogP contribution in [0.5, 0.6) is 0 Å². The van der Waals surface area contributed by atoms with Crippen LogP contribution >= 0.6 is 11.6 Å². The number of nitrogens with zero attached hydrogens (tertiary/aromatic N) is 1. The van der Waals surface area contributed by atoms with E-state index in [0.29, 0.717) is 5.69 Å². The molecule has 23 heavy (non-hydrogen) atoms. The zero-order valence-electron chi connectivity index (χ0n) is 12.6. The molecule has 0 heterocycles. The summed E-state index contributed by atoms with van der Waals surface area (Å²) in [6, 6.07) is 13.3. The number of para-hydroxylation sites is 1. The molecule has 0 atom stereocenters. The minimum Gasteiger partial charge on any atom is -0.322 e. The lowest BCUT2D eigenvalue weighted by atomic mass is 10.2. The van der Waals surface area contributed by atoms with Crippen molar-refractivity contribution in [2.24, 2.45) is 0 Å². The fourth-order valence-electron chi connectivity index (χ4n) is 1.70. The Morgan fingerprint density at radius 2 is 1.74 bits per heavy atom. The number of carbonyl (C=O) groups excluding carboxylic acids is 1. The lowest BCUT2D eigenvalue weighted by molar-refractivity contribution is 0.102. The molecule has 0 aliphatic heterocycles. The summed E-state index contributed by atoms with van der Waals surface area (Å²) < 4.78 is 27.1. The molecule has 2 aromatic carbocycles. The van der Waals surface area contributed by atoms with Crippen molar-refractivity contribution in [2.45, 2.75) is 0 Å². The Hall–Kier alpha value is -2.09. The van der Waals surface area contributed by atoms with Gasteiger partial charge in [0.1, 0.15) is 0 Å². The standard InChI is InChI=1S/C15H16ClN3O3S/c1-19(2)23(21,22)18-14-10-11(8-9-13(14)16)15(20)17-12-6-4-3-5-7-12/h3-10,18H,1-2H3,(H,17,20). The first-order chi connectivity index (χ1) is 10.8. The van der Waals surface area contributed by atoms with E-state index < -0.39 is 10.2 Å². The molecule has 0 saturated carbocycles. The number of rotatable bonds is 5. The molecule has 0 aliphatic carbocycles. The summed E-state index contributed by atoms with van der Waals surface area (Å²) in [5, 5.41) is 2.92. The van der Waals surface area contributed by atoms with Crippen molar-refractivity contribution in [1.82, 2.24) is 4.31 Å². The normalized spacial score (nSPS) is 11.3. The van der Waals surface area contributed by atoms with Crippen LogP contribution < -0.4 is 10.0 Å². The van der Waals surface area contributed by atoms with Gasteiger partial charge in [-0.15, -0.1) is 0 Å². The third-order valence-corrected chi connectivity index (χ3v) is 4.75. The molecule has 6 nitrogen and oxygen atoms in total. The fraction of sp³-hybridized carbons (Fsp3) is 0.133. The van der Waals surface area contributed by atoms with Crippen molar-refractivity contribution in [3.05, 3.63) is 59.1 Å². The number of carbonyl (C=O) groups is 1. The molecule has 0 saturated heterocycles. The second-order valence-corrected chi connectivity index (χ2v) is 7.20. The van der Waals surface area contributed by atoms with Gasteiger partial charge in [0, 0.05) is 25.3 Å². The molecule has 0 unspecified atom stereocenters. The van der Waals surface area contributed by atoms with Gasteiger partial charge in [0.05, 0.1) is 10.7 Å². The Labute approximate surface area is 140 Å². The third kappa shape index (κ3) is 4.44. The molecule has 0 fully saturated rings. The first-order valence-corrected chi connectivity index (χ1v) is 8.47. The Morgan fingerprint density at radius 1 is 1.09 bits per heavy atom. The number of nitrogens with one attached hydrogen (secondary N) is 2. The maximum Gasteiger partial charge on any atom is 0.301 e. The number of amides is 1. The smallest absolute Gasteiger partial charge is 0.301 e. The van der Waals surface area contributed by atoms with Gasteiger partial charge in [0.15, 0.2) is 0 Å². The summed E-state index contributed by atoms with van der Waals surface area (Å²) in [5.41, 5.74) is 1.07. The van der Waals surface area contributed by atoms with Gasteiger partial charge < -0.3 is 5.32 Å². The van der Waals surface area contributed by atoms with Gasteiger partial charge in [-0.1, -0.05) is 29.8 Å². The highest BCUT2D eigenvalue weighted by molar-refractivity contribution is 7.90. The molecule has 0 bridgehead atoms. The van der Waals surface area contributed by atoms with Gasteiger partial charge in [-0.3, -0.25) is 9.52 Å². The van der Waals surface area contributed by atoms with Crippen LogP contribution in [0.1, 0.15) is 10.4 Å². The Balaban J connectivity index is 2.25. The van der Waals surface area contributed by atoms with E-state index in [9.17, 15) is 13.2 Å². The Kier molecular flexibility index (Phi) is 5.25. The number of benzene rings is 2. The molecule has 0 spiro atoms. The average molecular weight is 354 g/mol. The number of hydrogen-bond donors (Lipinski definition) is 2. The second-order valence-electron chi connectivity index (χ2n) is 4.90. The van der Waals surface area contributed by atoms with Gasteiger partial charge in [0.2, 0.25) is 0 Å². The number of anilines is 2. The van der Waals surface area contributed by atoms with E-state index in [2.05, 4.69) is 10.0 Å². The first kappa shape index (κ1) is 17.3. The summed E-state index contributed by atoms with van der Waals surface area (Å²) >= 11 is 5.99. The van der Waals surface area contributed by atoms with Gasteiger partial charge in [-0.05, 0) is 30.3 Å². The molecule has 2 aromatic rings. The van der Waals surface area contributed by atoms with Crippen LogP contribution in [0.4, 0.5) is 11.4 Å². The minimum absolute atomic E-state index is 0.140. The summed E-state index contributed by atoms with van der Waals surface area (Å²) in [5.74, 6) is -0.363. The van der Waals surface area contributed by atoms with Crippen LogP contribution in [-0.4, -0.2) is 32.7 Å². The van der Waals surface area contributed by atoms with Crippen LogP contribution in [0, 0.1) is 0 Å². The van der Waals surface area contributed by atoms with Crippen LogP contribution in [0.15, 0.2) is 48.5 Å². The SMILES string of the molecule is CN(C)S(=O)(=O)Nc1cc(C(=O)Nc2ccccc2)ccc1Cl. The van der Waals surface area contributed by atoms with Crippen molar-refractivity contribution in [1.29, 1.82) is 0 Å². The molecule has 0 aromatic heterocycles. The zero-order valence-corrected chi connectivity index (χ0v) is 14.1. The Bertz CT molecular complexity index is 808. The average Bonchev–Trinajstić information content (AvgIpc) is 2.50. The molecule has 8 heteroatoms. The third-order valence-electron chi connectivity index (χ3n) is 2.98. The molecular weight excluding hydrogens is 338 g/mol. The van der Waals surface area contributed by atoms with Crippen molar-refractivity contribution in [2.75, 3.05) is 24.1 Å². The molecule has 2 N–H and O–H groups in total. The molecule has 1 amide bonds. The van der Waals surface area contributed by atoms with E-state index in [1.165, 1.54) is 32.3 Å². The van der Waals surface area contributed by atoms with E-state index in [0.717, 1.165) is 4.31 Å². The maximum atomic E-state index is 12.2. The predicted octanol–water partition coefficient (Wildman–Crippen LogP) is 2.81. The first-order valence-electron chi connectivity index (χ1n) is 6.66. The van der Waals surface area contributed by atoms with E-state index in [1.807, 2.05) is 6.07 Å². The fourth-order valence-corrected chi connectivity index (χ4v) is 2.55. The highest BCUT2D eigenvalue weighted by atomic mass is 35.5. The van der Waals surface area contributed by atoms with Crippen LogP contribution in [0.2, 0.25) is 5.02 Å². The highest BCUT2D eigenvalue weighted by Crippen LogP contribution is 2.25.